The minimum Gasteiger partial charge on any atom is -0.293 e. The van der Waals surface area contributed by atoms with Crippen molar-refractivity contribution in [3.8, 4) is 0 Å². The first-order valence-electron chi connectivity index (χ1n) is 4.77. The van der Waals surface area contributed by atoms with Gasteiger partial charge in [-0.15, -0.1) is 0 Å². The maximum atomic E-state index is 11.5. The lowest BCUT2D eigenvalue weighted by Gasteiger charge is -2.05. The normalized spacial score (nSPS) is 10.6. The smallest absolute Gasteiger partial charge is 0.172 e. The second-order valence-electron chi connectivity index (χ2n) is 3.63. The molecule has 0 radical (unpaired) electrons. The number of carbonyl (C=O) groups is 1. The fourth-order valence-corrected chi connectivity index (χ4v) is 1.70. The van der Waals surface area contributed by atoms with E-state index in [2.05, 4.69) is 13.8 Å². The SMILES string of the molecule is CSCC(=O)c1ccc(C(C)C)cc1. The summed E-state index contributed by atoms with van der Waals surface area (Å²) in [5.41, 5.74) is 2.11. The summed E-state index contributed by atoms with van der Waals surface area (Å²) in [5, 5.41) is 0. The van der Waals surface area contributed by atoms with Gasteiger partial charge in [0.1, 0.15) is 0 Å². The summed E-state index contributed by atoms with van der Waals surface area (Å²) in [6, 6.07) is 7.93. The van der Waals surface area contributed by atoms with E-state index in [-0.39, 0.29) is 5.78 Å². The van der Waals surface area contributed by atoms with E-state index in [1.54, 1.807) is 11.8 Å². The molecule has 0 spiro atoms. The first-order valence-corrected chi connectivity index (χ1v) is 6.16. The van der Waals surface area contributed by atoms with Gasteiger partial charge in [-0.05, 0) is 17.7 Å². The van der Waals surface area contributed by atoms with Crippen LogP contribution in [0.3, 0.4) is 0 Å². The Morgan fingerprint density at radius 1 is 1.29 bits per heavy atom. The fraction of sp³-hybridized carbons (Fsp3) is 0.417. The topological polar surface area (TPSA) is 17.1 Å². The summed E-state index contributed by atoms with van der Waals surface area (Å²) in [4.78, 5) is 11.5. The van der Waals surface area contributed by atoms with Crippen LogP contribution in [0.5, 0.6) is 0 Å². The van der Waals surface area contributed by atoms with Crippen LogP contribution >= 0.6 is 11.8 Å². The number of hydrogen-bond acceptors (Lipinski definition) is 2. The average molecular weight is 208 g/mol. The fourth-order valence-electron chi connectivity index (χ4n) is 1.27. The third kappa shape index (κ3) is 2.88. The van der Waals surface area contributed by atoms with Crippen LogP contribution in [0.4, 0.5) is 0 Å². The van der Waals surface area contributed by atoms with E-state index < -0.39 is 0 Å². The first-order chi connectivity index (χ1) is 6.65. The van der Waals surface area contributed by atoms with Crippen LogP contribution in [0.1, 0.15) is 35.7 Å². The number of ketones is 1. The second-order valence-corrected chi connectivity index (χ2v) is 4.50. The molecule has 0 N–H and O–H groups in total. The maximum Gasteiger partial charge on any atom is 0.172 e. The van der Waals surface area contributed by atoms with Crippen molar-refractivity contribution in [1.29, 1.82) is 0 Å². The summed E-state index contributed by atoms with van der Waals surface area (Å²) >= 11 is 1.57. The minimum atomic E-state index is 0.216. The molecular weight excluding hydrogens is 192 g/mol. The Balaban J connectivity index is 2.78. The van der Waals surface area contributed by atoms with E-state index in [0.717, 1.165) is 5.56 Å². The van der Waals surface area contributed by atoms with Crippen LogP contribution in [0.25, 0.3) is 0 Å². The van der Waals surface area contributed by atoms with Gasteiger partial charge in [-0.3, -0.25) is 4.79 Å². The van der Waals surface area contributed by atoms with Crippen LogP contribution in [0, 0.1) is 0 Å². The molecule has 0 unspecified atom stereocenters. The molecule has 0 aliphatic rings. The lowest BCUT2D eigenvalue weighted by molar-refractivity contribution is 0.102. The van der Waals surface area contributed by atoms with Gasteiger partial charge in [-0.1, -0.05) is 38.1 Å². The molecular formula is C12H16OS. The molecule has 1 rings (SSSR count). The van der Waals surface area contributed by atoms with Crippen molar-refractivity contribution in [1.82, 2.24) is 0 Å². The van der Waals surface area contributed by atoms with Crippen molar-refractivity contribution in [2.75, 3.05) is 12.0 Å². The van der Waals surface area contributed by atoms with Crippen LogP contribution in [-0.4, -0.2) is 17.8 Å². The number of thioether (sulfide) groups is 1. The molecule has 0 fully saturated rings. The van der Waals surface area contributed by atoms with Crippen molar-refractivity contribution >= 4 is 17.5 Å². The van der Waals surface area contributed by atoms with Gasteiger partial charge in [-0.2, -0.15) is 11.8 Å². The monoisotopic (exact) mass is 208 g/mol. The molecule has 0 heterocycles. The molecule has 2 heteroatoms. The maximum absolute atomic E-state index is 11.5. The molecule has 0 aromatic heterocycles. The summed E-state index contributed by atoms with van der Waals surface area (Å²) in [5.74, 6) is 1.31. The van der Waals surface area contributed by atoms with Gasteiger partial charge < -0.3 is 0 Å². The molecule has 0 bridgehead atoms. The largest absolute Gasteiger partial charge is 0.293 e. The highest BCUT2D eigenvalue weighted by molar-refractivity contribution is 7.99. The molecule has 1 aromatic rings. The van der Waals surface area contributed by atoms with Gasteiger partial charge in [0, 0.05) is 5.56 Å². The average Bonchev–Trinajstić information content (AvgIpc) is 2.18. The molecule has 14 heavy (non-hydrogen) atoms. The molecule has 0 aliphatic carbocycles. The molecule has 0 saturated carbocycles. The van der Waals surface area contributed by atoms with E-state index in [1.165, 1.54) is 5.56 Å². The highest BCUT2D eigenvalue weighted by atomic mass is 32.2. The molecule has 0 aliphatic heterocycles. The number of benzene rings is 1. The molecule has 1 nitrogen and oxygen atoms in total. The van der Waals surface area contributed by atoms with Crippen LogP contribution in [0.2, 0.25) is 0 Å². The third-order valence-electron chi connectivity index (χ3n) is 2.17. The highest BCUT2D eigenvalue weighted by Gasteiger charge is 2.05. The predicted molar refractivity (Wildman–Crippen MR) is 63.2 cm³/mol. The van der Waals surface area contributed by atoms with E-state index in [9.17, 15) is 4.79 Å². The standard InChI is InChI=1S/C12H16OS/c1-9(2)10-4-6-11(7-5-10)12(13)8-14-3/h4-7,9H,8H2,1-3H3. The lowest BCUT2D eigenvalue weighted by Crippen LogP contribution is -2.02. The Morgan fingerprint density at radius 3 is 2.29 bits per heavy atom. The van der Waals surface area contributed by atoms with Gasteiger partial charge in [0.25, 0.3) is 0 Å². The Labute approximate surface area is 89.9 Å². The number of hydrogen-bond donors (Lipinski definition) is 0. The number of Topliss-reactive ketones (excluding diaryl/α,β-unsaturated/α-hetero) is 1. The molecule has 76 valence electrons. The van der Waals surface area contributed by atoms with Crippen molar-refractivity contribution in [3.05, 3.63) is 35.4 Å². The molecule has 1 aromatic carbocycles. The van der Waals surface area contributed by atoms with Gasteiger partial charge >= 0.3 is 0 Å². The summed E-state index contributed by atoms with van der Waals surface area (Å²) in [7, 11) is 0. The first kappa shape index (κ1) is 11.3. The summed E-state index contributed by atoms with van der Waals surface area (Å²) in [6.45, 7) is 4.30. The predicted octanol–water partition coefficient (Wildman–Crippen LogP) is 3.36. The zero-order valence-electron chi connectivity index (χ0n) is 8.91. The Hall–Kier alpha value is -0.760. The lowest BCUT2D eigenvalue weighted by atomic mass is 10.0. The van der Waals surface area contributed by atoms with Gasteiger partial charge in [0.2, 0.25) is 0 Å². The van der Waals surface area contributed by atoms with Crippen LogP contribution in [-0.2, 0) is 0 Å². The molecule has 0 amide bonds. The van der Waals surface area contributed by atoms with Crippen molar-refractivity contribution in [2.24, 2.45) is 0 Å². The quantitative estimate of drug-likeness (QED) is 0.706. The van der Waals surface area contributed by atoms with Gasteiger partial charge in [0.05, 0.1) is 5.75 Å². The van der Waals surface area contributed by atoms with Crippen LogP contribution < -0.4 is 0 Å². The Morgan fingerprint density at radius 2 is 1.86 bits per heavy atom. The van der Waals surface area contributed by atoms with Gasteiger partial charge in [-0.25, -0.2) is 0 Å². The zero-order chi connectivity index (χ0) is 10.6. The van der Waals surface area contributed by atoms with Crippen molar-refractivity contribution in [3.63, 3.8) is 0 Å². The van der Waals surface area contributed by atoms with Gasteiger partial charge in [0.15, 0.2) is 5.78 Å². The second kappa shape index (κ2) is 5.20. The third-order valence-corrected chi connectivity index (χ3v) is 2.73. The van der Waals surface area contributed by atoms with E-state index in [4.69, 9.17) is 0 Å². The summed E-state index contributed by atoms with van der Waals surface area (Å²) < 4.78 is 0. The number of carbonyl (C=O) groups excluding carboxylic acids is 1. The summed E-state index contributed by atoms with van der Waals surface area (Å²) in [6.07, 6.45) is 1.94. The minimum absolute atomic E-state index is 0.216. The van der Waals surface area contributed by atoms with E-state index in [0.29, 0.717) is 11.7 Å². The van der Waals surface area contributed by atoms with E-state index in [1.807, 2.05) is 30.5 Å². The molecule has 0 atom stereocenters. The Bertz CT molecular complexity index is 301. The Kier molecular flexibility index (Phi) is 4.21. The van der Waals surface area contributed by atoms with Crippen molar-refractivity contribution < 1.29 is 4.79 Å². The zero-order valence-corrected chi connectivity index (χ0v) is 9.73. The van der Waals surface area contributed by atoms with Crippen molar-refractivity contribution in [2.45, 2.75) is 19.8 Å². The van der Waals surface area contributed by atoms with E-state index >= 15 is 0 Å². The molecule has 0 saturated heterocycles. The highest BCUT2D eigenvalue weighted by Crippen LogP contribution is 2.15. The number of rotatable bonds is 4. The van der Waals surface area contributed by atoms with Crippen LogP contribution in [0.15, 0.2) is 24.3 Å².